The molecule has 2 aromatic carbocycles. The summed E-state index contributed by atoms with van der Waals surface area (Å²) in [5, 5.41) is 0. The van der Waals surface area contributed by atoms with Crippen LogP contribution in [0.4, 0.5) is 0 Å². The van der Waals surface area contributed by atoms with Crippen LogP contribution in [0.5, 0.6) is 11.5 Å². The Kier molecular flexibility index (Phi) is 4.56. The van der Waals surface area contributed by atoms with E-state index in [1.165, 1.54) is 0 Å². The van der Waals surface area contributed by atoms with Crippen molar-refractivity contribution in [1.82, 2.24) is 0 Å². The first kappa shape index (κ1) is 13.1. The summed E-state index contributed by atoms with van der Waals surface area (Å²) >= 11 is 0. The molecule has 0 saturated carbocycles. The minimum absolute atomic E-state index is 0.381. The van der Waals surface area contributed by atoms with E-state index in [0.717, 1.165) is 6.42 Å². The number of hydrogen-bond donors (Lipinski definition) is 0. The van der Waals surface area contributed by atoms with Gasteiger partial charge in [-0.3, -0.25) is 0 Å². The lowest BCUT2D eigenvalue weighted by Crippen LogP contribution is -2.08. The standard InChI is InChI=1S/C16H16O3/c1-2-11-18-15-10-6-7-13(12-15)16(17)19-14-8-4-3-5-9-14/h3-10,12H,2,11H2,1H3. The summed E-state index contributed by atoms with van der Waals surface area (Å²) in [6, 6.07) is 16.0. The Morgan fingerprint density at radius 2 is 1.74 bits per heavy atom. The SMILES string of the molecule is CCCOc1cccc(C(=O)Oc2ccccc2)c1. The Hall–Kier alpha value is -2.29. The van der Waals surface area contributed by atoms with Gasteiger partial charge in [-0.15, -0.1) is 0 Å². The molecule has 0 fully saturated rings. The molecule has 0 atom stereocenters. The first-order chi connectivity index (χ1) is 9.29. The van der Waals surface area contributed by atoms with Crippen molar-refractivity contribution < 1.29 is 14.3 Å². The van der Waals surface area contributed by atoms with Crippen molar-refractivity contribution in [1.29, 1.82) is 0 Å². The van der Waals surface area contributed by atoms with Crippen LogP contribution in [0, 0.1) is 0 Å². The first-order valence-electron chi connectivity index (χ1n) is 6.29. The molecule has 98 valence electrons. The molecule has 0 unspecified atom stereocenters. The zero-order chi connectivity index (χ0) is 13.5. The van der Waals surface area contributed by atoms with E-state index in [2.05, 4.69) is 0 Å². The van der Waals surface area contributed by atoms with Gasteiger partial charge in [-0.1, -0.05) is 31.2 Å². The highest BCUT2D eigenvalue weighted by molar-refractivity contribution is 5.91. The van der Waals surface area contributed by atoms with Crippen molar-refractivity contribution in [3.8, 4) is 11.5 Å². The molecule has 3 heteroatoms. The molecule has 0 spiro atoms. The summed E-state index contributed by atoms with van der Waals surface area (Å²) in [6.07, 6.45) is 0.929. The summed E-state index contributed by atoms with van der Waals surface area (Å²) in [5.74, 6) is 0.838. The summed E-state index contributed by atoms with van der Waals surface area (Å²) < 4.78 is 10.8. The van der Waals surface area contributed by atoms with Crippen LogP contribution < -0.4 is 9.47 Å². The Bertz CT molecular complexity index is 535. The summed E-state index contributed by atoms with van der Waals surface area (Å²) in [4.78, 5) is 12.0. The second-order valence-corrected chi connectivity index (χ2v) is 4.08. The van der Waals surface area contributed by atoms with Gasteiger partial charge in [0.15, 0.2) is 0 Å². The molecular formula is C16H16O3. The fourth-order valence-corrected chi connectivity index (χ4v) is 1.59. The number of hydrogen-bond acceptors (Lipinski definition) is 3. The molecule has 0 heterocycles. The minimum atomic E-state index is -0.381. The van der Waals surface area contributed by atoms with Gasteiger partial charge in [0.1, 0.15) is 11.5 Å². The quantitative estimate of drug-likeness (QED) is 0.604. The third-order valence-electron chi connectivity index (χ3n) is 2.50. The molecule has 0 amide bonds. The lowest BCUT2D eigenvalue weighted by Gasteiger charge is -2.07. The maximum atomic E-state index is 12.0. The van der Waals surface area contributed by atoms with E-state index in [1.54, 1.807) is 30.3 Å². The summed E-state index contributed by atoms with van der Waals surface area (Å²) in [6.45, 7) is 2.67. The van der Waals surface area contributed by atoms with Crippen molar-refractivity contribution >= 4 is 5.97 Å². The fraction of sp³-hybridized carbons (Fsp3) is 0.188. The number of para-hydroxylation sites is 1. The van der Waals surface area contributed by atoms with Crippen LogP contribution >= 0.6 is 0 Å². The minimum Gasteiger partial charge on any atom is -0.494 e. The topological polar surface area (TPSA) is 35.5 Å². The molecule has 0 aromatic heterocycles. The van der Waals surface area contributed by atoms with Gasteiger partial charge < -0.3 is 9.47 Å². The van der Waals surface area contributed by atoms with E-state index >= 15 is 0 Å². The van der Waals surface area contributed by atoms with Crippen molar-refractivity contribution in [3.63, 3.8) is 0 Å². The molecule has 2 rings (SSSR count). The summed E-state index contributed by atoms with van der Waals surface area (Å²) in [5.41, 5.74) is 0.484. The van der Waals surface area contributed by atoms with Crippen molar-refractivity contribution in [3.05, 3.63) is 60.2 Å². The van der Waals surface area contributed by atoms with E-state index in [1.807, 2.05) is 31.2 Å². The molecular weight excluding hydrogens is 240 g/mol. The Morgan fingerprint density at radius 3 is 2.47 bits per heavy atom. The molecule has 0 saturated heterocycles. The number of carbonyl (C=O) groups is 1. The summed E-state index contributed by atoms with van der Waals surface area (Å²) in [7, 11) is 0. The van der Waals surface area contributed by atoms with Gasteiger partial charge in [-0.05, 0) is 36.8 Å². The molecule has 0 radical (unpaired) electrons. The third-order valence-corrected chi connectivity index (χ3v) is 2.50. The Balaban J connectivity index is 2.06. The molecule has 0 aliphatic heterocycles. The second kappa shape index (κ2) is 6.59. The van der Waals surface area contributed by atoms with Gasteiger partial charge in [0, 0.05) is 0 Å². The van der Waals surface area contributed by atoms with Gasteiger partial charge in [-0.25, -0.2) is 4.79 Å². The molecule has 0 bridgehead atoms. The normalized spacial score (nSPS) is 9.95. The molecule has 0 aliphatic carbocycles. The van der Waals surface area contributed by atoms with Gasteiger partial charge in [0.2, 0.25) is 0 Å². The highest BCUT2D eigenvalue weighted by atomic mass is 16.5. The third kappa shape index (κ3) is 3.85. The monoisotopic (exact) mass is 256 g/mol. The first-order valence-corrected chi connectivity index (χ1v) is 6.29. The Labute approximate surface area is 112 Å². The zero-order valence-corrected chi connectivity index (χ0v) is 10.8. The molecule has 2 aromatic rings. The second-order valence-electron chi connectivity index (χ2n) is 4.08. The average Bonchev–Trinajstić information content (AvgIpc) is 2.46. The van der Waals surface area contributed by atoms with Crippen LogP contribution in [0.15, 0.2) is 54.6 Å². The Morgan fingerprint density at radius 1 is 1.00 bits per heavy atom. The van der Waals surface area contributed by atoms with Crippen LogP contribution in [-0.4, -0.2) is 12.6 Å². The highest BCUT2D eigenvalue weighted by Gasteiger charge is 2.09. The van der Waals surface area contributed by atoms with Crippen molar-refractivity contribution in [2.24, 2.45) is 0 Å². The van der Waals surface area contributed by atoms with Crippen LogP contribution in [0.2, 0.25) is 0 Å². The predicted octanol–water partition coefficient (Wildman–Crippen LogP) is 3.69. The maximum Gasteiger partial charge on any atom is 0.343 e. The number of carbonyl (C=O) groups excluding carboxylic acids is 1. The van der Waals surface area contributed by atoms with Gasteiger partial charge in [0.25, 0.3) is 0 Å². The van der Waals surface area contributed by atoms with E-state index in [0.29, 0.717) is 23.7 Å². The van der Waals surface area contributed by atoms with Crippen LogP contribution in [-0.2, 0) is 0 Å². The van der Waals surface area contributed by atoms with Crippen molar-refractivity contribution in [2.75, 3.05) is 6.61 Å². The maximum absolute atomic E-state index is 12.0. The molecule has 0 N–H and O–H groups in total. The number of benzene rings is 2. The number of rotatable bonds is 5. The van der Waals surface area contributed by atoms with Crippen molar-refractivity contribution in [2.45, 2.75) is 13.3 Å². The largest absolute Gasteiger partial charge is 0.494 e. The number of esters is 1. The zero-order valence-electron chi connectivity index (χ0n) is 10.8. The van der Waals surface area contributed by atoms with E-state index in [4.69, 9.17) is 9.47 Å². The average molecular weight is 256 g/mol. The fourth-order valence-electron chi connectivity index (χ4n) is 1.59. The lowest BCUT2D eigenvalue weighted by atomic mass is 10.2. The van der Waals surface area contributed by atoms with Crippen LogP contribution in [0.1, 0.15) is 23.7 Å². The molecule has 19 heavy (non-hydrogen) atoms. The molecule has 0 aliphatic rings. The lowest BCUT2D eigenvalue weighted by molar-refractivity contribution is 0.0734. The number of ether oxygens (including phenoxy) is 2. The van der Waals surface area contributed by atoms with E-state index in [-0.39, 0.29) is 5.97 Å². The van der Waals surface area contributed by atoms with E-state index in [9.17, 15) is 4.79 Å². The highest BCUT2D eigenvalue weighted by Crippen LogP contribution is 2.16. The van der Waals surface area contributed by atoms with Gasteiger partial charge in [0.05, 0.1) is 12.2 Å². The van der Waals surface area contributed by atoms with Crippen LogP contribution in [0.3, 0.4) is 0 Å². The van der Waals surface area contributed by atoms with Gasteiger partial charge in [-0.2, -0.15) is 0 Å². The molecule has 3 nitrogen and oxygen atoms in total. The van der Waals surface area contributed by atoms with E-state index < -0.39 is 0 Å². The van der Waals surface area contributed by atoms with Crippen LogP contribution in [0.25, 0.3) is 0 Å². The van der Waals surface area contributed by atoms with Gasteiger partial charge >= 0.3 is 5.97 Å². The smallest absolute Gasteiger partial charge is 0.343 e. The predicted molar refractivity (Wildman–Crippen MR) is 73.6 cm³/mol.